The standard InChI is InChI=1S/C15H23N3O.HI/c1-16-15(17-2)18-11-13-9-6-10-19-14(13)12-7-4-3-5-8-12;/h3-5,7-8,13-14H,6,9-11H2,1-2H3,(H2,16,17,18);1H. The highest BCUT2D eigenvalue weighted by Gasteiger charge is 2.27. The number of nitrogens with zero attached hydrogens (tertiary/aromatic N) is 1. The molecule has 2 unspecified atom stereocenters. The second kappa shape index (κ2) is 9.18. The van der Waals surface area contributed by atoms with Gasteiger partial charge >= 0.3 is 0 Å². The van der Waals surface area contributed by atoms with E-state index in [2.05, 4.69) is 39.9 Å². The van der Waals surface area contributed by atoms with Crippen molar-refractivity contribution in [2.45, 2.75) is 18.9 Å². The van der Waals surface area contributed by atoms with Crippen LogP contribution in [0, 0.1) is 5.92 Å². The molecule has 5 heteroatoms. The molecule has 2 N–H and O–H groups in total. The first kappa shape index (κ1) is 17.2. The van der Waals surface area contributed by atoms with Crippen molar-refractivity contribution < 1.29 is 4.74 Å². The molecule has 20 heavy (non-hydrogen) atoms. The van der Waals surface area contributed by atoms with Crippen LogP contribution in [0.3, 0.4) is 0 Å². The van der Waals surface area contributed by atoms with E-state index < -0.39 is 0 Å². The highest BCUT2D eigenvalue weighted by Crippen LogP contribution is 2.32. The molecule has 0 saturated carbocycles. The second-order valence-electron chi connectivity index (χ2n) is 4.81. The molecule has 1 aliphatic rings. The van der Waals surface area contributed by atoms with E-state index in [0.717, 1.165) is 25.5 Å². The van der Waals surface area contributed by atoms with Gasteiger partial charge in [0.25, 0.3) is 0 Å². The Bertz CT molecular complexity index is 411. The van der Waals surface area contributed by atoms with Gasteiger partial charge in [0.15, 0.2) is 5.96 Å². The fourth-order valence-corrected chi connectivity index (χ4v) is 2.57. The fourth-order valence-electron chi connectivity index (χ4n) is 2.57. The number of rotatable bonds is 3. The Balaban J connectivity index is 0.00000200. The molecule has 2 rings (SSSR count). The summed E-state index contributed by atoms with van der Waals surface area (Å²) in [4.78, 5) is 4.14. The third-order valence-corrected chi connectivity index (χ3v) is 3.57. The average molecular weight is 389 g/mol. The van der Waals surface area contributed by atoms with Crippen LogP contribution in [0.1, 0.15) is 24.5 Å². The molecule has 0 aliphatic carbocycles. The smallest absolute Gasteiger partial charge is 0.190 e. The molecule has 1 aromatic carbocycles. The van der Waals surface area contributed by atoms with Crippen LogP contribution in [-0.4, -0.2) is 33.2 Å². The molecule has 1 heterocycles. The molecular weight excluding hydrogens is 365 g/mol. The first-order valence-electron chi connectivity index (χ1n) is 6.90. The number of benzene rings is 1. The summed E-state index contributed by atoms with van der Waals surface area (Å²) in [5, 5.41) is 6.39. The Labute approximate surface area is 138 Å². The maximum atomic E-state index is 5.98. The molecule has 2 atom stereocenters. The fraction of sp³-hybridized carbons (Fsp3) is 0.533. The quantitative estimate of drug-likeness (QED) is 0.475. The molecule has 0 aromatic heterocycles. The van der Waals surface area contributed by atoms with Crippen LogP contribution in [0.25, 0.3) is 0 Å². The zero-order valence-corrected chi connectivity index (χ0v) is 14.5. The molecule has 112 valence electrons. The number of halogens is 1. The summed E-state index contributed by atoms with van der Waals surface area (Å²) in [6, 6.07) is 10.5. The van der Waals surface area contributed by atoms with Crippen LogP contribution in [0.5, 0.6) is 0 Å². The van der Waals surface area contributed by atoms with Crippen LogP contribution in [0.15, 0.2) is 35.3 Å². The molecule has 1 saturated heterocycles. The summed E-state index contributed by atoms with van der Waals surface area (Å²) in [5.74, 6) is 1.32. The van der Waals surface area contributed by atoms with E-state index in [1.165, 1.54) is 12.0 Å². The minimum Gasteiger partial charge on any atom is -0.373 e. The highest BCUT2D eigenvalue weighted by molar-refractivity contribution is 14.0. The molecule has 0 amide bonds. The van der Waals surface area contributed by atoms with Crippen molar-refractivity contribution in [1.29, 1.82) is 0 Å². The summed E-state index contributed by atoms with van der Waals surface area (Å²) in [6.07, 6.45) is 2.51. The van der Waals surface area contributed by atoms with Gasteiger partial charge in [0.2, 0.25) is 0 Å². The topological polar surface area (TPSA) is 45.7 Å². The zero-order valence-electron chi connectivity index (χ0n) is 12.1. The van der Waals surface area contributed by atoms with Gasteiger partial charge < -0.3 is 15.4 Å². The van der Waals surface area contributed by atoms with Crippen molar-refractivity contribution in [2.24, 2.45) is 10.9 Å². The lowest BCUT2D eigenvalue weighted by molar-refractivity contribution is -0.0265. The number of hydrogen-bond acceptors (Lipinski definition) is 2. The maximum Gasteiger partial charge on any atom is 0.190 e. The molecule has 1 aromatic rings. The SMILES string of the molecule is CN=C(NC)NCC1CCCOC1c1ccccc1.I. The summed E-state index contributed by atoms with van der Waals surface area (Å²) >= 11 is 0. The first-order chi connectivity index (χ1) is 9.35. The summed E-state index contributed by atoms with van der Waals surface area (Å²) in [7, 11) is 3.66. The Morgan fingerprint density at radius 2 is 2.10 bits per heavy atom. The molecule has 0 spiro atoms. The van der Waals surface area contributed by atoms with E-state index in [4.69, 9.17) is 4.74 Å². The number of aliphatic imine (C=N–C) groups is 1. The van der Waals surface area contributed by atoms with Gasteiger partial charge in [-0.2, -0.15) is 0 Å². The van der Waals surface area contributed by atoms with Crippen LogP contribution in [0.2, 0.25) is 0 Å². The van der Waals surface area contributed by atoms with Crippen molar-refractivity contribution in [2.75, 3.05) is 27.2 Å². The van der Waals surface area contributed by atoms with Crippen LogP contribution in [0.4, 0.5) is 0 Å². The van der Waals surface area contributed by atoms with E-state index in [-0.39, 0.29) is 30.1 Å². The normalized spacial score (nSPS) is 22.8. The van der Waals surface area contributed by atoms with Crippen molar-refractivity contribution in [3.8, 4) is 0 Å². The van der Waals surface area contributed by atoms with Gasteiger partial charge in [-0.15, -0.1) is 24.0 Å². The molecule has 1 fully saturated rings. The number of guanidine groups is 1. The lowest BCUT2D eigenvalue weighted by Crippen LogP contribution is -2.40. The average Bonchev–Trinajstić information content (AvgIpc) is 2.49. The lowest BCUT2D eigenvalue weighted by Gasteiger charge is -2.32. The number of hydrogen-bond donors (Lipinski definition) is 2. The number of nitrogens with one attached hydrogen (secondary N) is 2. The summed E-state index contributed by atoms with van der Waals surface area (Å²) < 4.78 is 5.98. The number of ether oxygens (including phenoxy) is 1. The summed E-state index contributed by atoms with van der Waals surface area (Å²) in [6.45, 7) is 1.74. The Hall–Kier alpha value is -0.820. The van der Waals surface area contributed by atoms with Crippen molar-refractivity contribution in [1.82, 2.24) is 10.6 Å². The molecule has 4 nitrogen and oxygen atoms in total. The Kier molecular flexibility index (Phi) is 7.91. The predicted octanol–water partition coefficient (Wildman–Crippen LogP) is 2.57. The largest absolute Gasteiger partial charge is 0.373 e. The Morgan fingerprint density at radius 3 is 2.75 bits per heavy atom. The monoisotopic (exact) mass is 389 g/mol. The van der Waals surface area contributed by atoms with E-state index >= 15 is 0 Å². The van der Waals surface area contributed by atoms with E-state index in [9.17, 15) is 0 Å². The molecule has 1 aliphatic heterocycles. The van der Waals surface area contributed by atoms with E-state index in [0.29, 0.717) is 5.92 Å². The van der Waals surface area contributed by atoms with E-state index in [1.807, 2.05) is 13.1 Å². The summed E-state index contributed by atoms with van der Waals surface area (Å²) in [5.41, 5.74) is 1.27. The van der Waals surface area contributed by atoms with Crippen LogP contribution in [-0.2, 0) is 4.74 Å². The lowest BCUT2D eigenvalue weighted by atomic mass is 9.89. The van der Waals surface area contributed by atoms with Gasteiger partial charge in [0.05, 0.1) is 6.10 Å². The molecular formula is C15H24IN3O. The van der Waals surface area contributed by atoms with Crippen molar-refractivity contribution >= 4 is 29.9 Å². The minimum absolute atomic E-state index is 0. The van der Waals surface area contributed by atoms with Crippen LogP contribution < -0.4 is 10.6 Å². The highest BCUT2D eigenvalue weighted by atomic mass is 127. The maximum absolute atomic E-state index is 5.98. The van der Waals surface area contributed by atoms with Gasteiger partial charge in [-0.05, 0) is 18.4 Å². The van der Waals surface area contributed by atoms with Gasteiger partial charge in [0, 0.05) is 33.2 Å². The first-order valence-corrected chi connectivity index (χ1v) is 6.90. The Morgan fingerprint density at radius 1 is 1.35 bits per heavy atom. The van der Waals surface area contributed by atoms with Crippen LogP contribution >= 0.6 is 24.0 Å². The zero-order chi connectivity index (χ0) is 13.5. The predicted molar refractivity (Wildman–Crippen MR) is 93.7 cm³/mol. The molecule has 0 radical (unpaired) electrons. The third-order valence-electron chi connectivity index (χ3n) is 3.57. The molecule has 0 bridgehead atoms. The van der Waals surface area contributed by atoms with Gasteiger partial charge in [-0.1, -0.05) is 30.3 Å². The van der Waals surface area contributed by atoms with Gasteiger partial charge in [-0.25, -0.2) is 0 Å². The van der Waals surface area contributed by atoms with Gasteiger partial charge in [-0.3, -0.25) is 4.99 Å². The third kappa shape index (κ3) is 4.63. The second-order valence-corrected chi connectivity index (χ2v) is 4.81. The van der Waals surface area contributed by atoms with Crippen molar-refractivity contribution in [3.63, 3.8) is 0 Å². The van der Waals surface area contributed by atoms with E-state index in [1.54, 1.807) is 7.05 Å². The van der Waals surface area contributed by atoms with Gasteiger partial charge in [0.1, 0.15) is 0 Å². The van der Waals surface area contributed by atoms with Crippen molar-refractivity contribution in [3.05, 3.63) is 35.9 Å². The minimum atomic E-state index is 0.